The van der Waals surface area contributed by atoms with Crippen LogP contribution in [0.25, 0.3) is 22.8 Å². The zero-order valence-corrected chi connectivity index (χ0v) is 19.8. The van der Waals surface area contributed by atoms with Gasteiger partial charge in [0.2, 0.25) is 5.89 Å². The van der Waals surface area contributed by atoms with Gasteiger partial charge < -0.3 is 14.5 Å². The minimum absolute atomic E-state index is 0.0788. The first-order chi connectivity index (χ1) is 17.2. The molecule has 1 unspecified atom stereocenters. The number of likely N-dealkylation sites (tertiary alicyclic amines) is 1. The van der Waals surface area contributed by atoms with Gasteiger partial charge in [0.1, 0.15) is 5.75 Å². The molecule has 0 bridgehead atoms. The third-order valence-corrected chi connectivity index (χ3v) is 6.48. The summed E-state index contributed by atoms with van der Waals surface area (Å²) in [7, 11) is 1.68. The molecule has 0 spiro atoms. The van der Waals surface area contributed by atoms with Crippen LogP contribution in [-0.4, -0.2) is 42.5 Å². The molecule has 1 aliphatic heterocycles. The number of hydrogen-bond acceptors (Lipinski definition) is 5. The molecule has 1 N–H and O–H groups in total. The van der Waals surface area contributed by atoms with Gasteiger partial charge in [-0.15, -0.1) is 0 Å². The van der Waals surface area contributed by atoms with E-state index in [-0.39, 0.29) is 11.9 Å². The number of ether oxygens (including phenoxy) is 1. The Labute approximate surface area is 205 Å². The van der Waals surface area contributed by atoms with Crippen LogP contribution in [0, 0.1) is 0 Å². The summed E-state index contributed by atoms with van der Waals surface area (Å²) < 4.78 is 11.5. The summed E-state index contributed by atoms with van der Waals surface area (Å²) in [6.45, 7) is 2.54. The summed E-state index contributed by atoms with van der Waals surface area (Å²) in [4.78, 5) is 20.3. The molecule has 1 aliphatic rings. The minimum atomic E-state index is -0.146. The van der Waals surface area contributed by atoms with Gasteiger partial charge in [0.15, 0.2) is 5.76 Å². The average Bonchev–Trinajstić information content (AvgIpc) is 3.63. The Hall–Kier alpha value is -3.90. The number of carbonyl (C=O) groups excluding carboxylic acids is 1. The van der Waals surface area contributed by atoms with Crippen LogP contribution >= 0.6 is 0 Å². The smallest absolute Gasteiger partial charge is 0.252 e. The fourth-order valence-electron chi connectivity index (χ4n) is 4.65. The number of amides is 1. The summed E-state index contributed by atoms with van der Waals surface area (Å²) in [6, 6.07) is 25.4. The second kappa shape index (κ2) is 10.6. The summed E-state index contributed by atoms with van der Waals surface area (Å²) in [6.07, 6.45) is 4.04. The van der Waals surface area contributed by atoms with Crippen molar-refractivity contribution in [2.75, 3.05) is 26.7 Å². The molecule has 6 heteroatoms. The van der Waals surface area contributed by atoms with Gasteiger partial charge in [-0.2, -0.15) is 0 Å². The lowest BCUT2D eigenvalue weighted by Gasteiger charge is -2.28. The van der Waals surface area contributed by atoms with E-state index in [0.29, 0.717) is 29.3 Å². The predicted octanol–water partition coefficient (Wildman–Crippen LogP) is 5.58. The Bertz CT molecular complexity index is 1280. The van der Waals surface area contributed by atoms with E-state index in [0.717, 1.165) is 30.0 Å². The predicted molar refractivity (Wildman–Crippen MR) is 136 cm³/mol. The van der Waals surface area contributed by atoms with E-state index in [2.05, 4.69) is 27.3 Å². The van der Waals surface area contributed by atoms with E-state index in [1.807, 2.05) is 66.7 Å². The first-order valence-electron chi connectivity index (χ1n) is 12.0. The quantitative estimate of drug-likeness (QED) is 0.366. The lowest BCUT2D eigenvalue weighted by atomic mass is 10.0. The molecule has 1 saturated heterocycles. The highest BCUT2D eigenvalue weighted by Crippen LogP contribution is 2.29. The van der Waals surface area contributed by atoms with Gasteiger partial charge in [-0.25, -0.2) is 4.98 Å². The maximum atomic E-state index is 13.4. The van der Waals surface area contributed by atoms with Crippen molar-refractivity contribution in [2.45, 2.75) is 18.9 Å². The van der Waals surface area contributed by atoms with Crippen LogP contribution in [0.4, 0.5) is 0 Å². The summed E-state index contributed by atoms with van der Waals surface area (Å²) in [5, 5.41) is 3.17. The topological polar surface area (TPSA) is 67.6 Å². The second-order valence-corrected chi connectivity index (χ2v) is 8.69. The average molecular weight is 468 g/mol. The zero-order chi connectivity index (χ0) is 24.0. The lowest BCUT2D eigenvalue weighted by molar-refractivity contribution is 0.0938. The number of carbonyl (C=O) groups is 1. The van der Waals surface area contributed by atoms with E-state index in [1.54, 1.807) is 13.3 Å². The van der Waals surface area contributed by atoms with Crippen molar-refractivity contribution in [2.24, 2.45) is 0 Å². The maximum absolute atomic E-state index is 13.4. The first-order valence-corrected chi connectivity index (χ1v) is 12.0. The van der Waals surface area contributed by atoms with E-state index in [9.17, 15) is 4.79 Å². The number of hydrogen-bond donors (Lipinski definition) is 1. The Morgan fingerprint density at radius 3 is 2.60 bits per heavy atom. The molecule has 0 saturated carbocycles. The Morgan fingerprint density at radius 2 is 1.80 bits per heavy atom. The van der Waals surface area contributed by atoms with E-state index < -0.39 is 0 Å². The van der Waals surface area contributed by atoms with Crippen LogP contribution in [0.1, 0.15) is 34.8 Å². The molecule has 178 valence electrons. The van der Waals surface area contributed by atoms with Gasteiger partial charge in [0.05, 0.1) is 24.9 Å². The standard InChI is InChI=1S/C29H29N3O3/c1-34-23-13-9-12-22(18-23)26(32-16-7-8-17-32)19-30-28(33)24-14-5-6-15-25(24)29-31-20-27(35-29)21-10-3-2-4-11-21/h2-6,9-15,18,20,26H,7-8,16-17,19H2,1H3,(H,30,33). The fourth-order valence-corrected chi connectivity index (χ4v) is 4.65. The molecule has 1 aromatic heterocycles. The molecule has 0 radical (unpaired) electrons. The molecular formula is C29H29N3O3. The van der Waals surface area contributed by atoms with E-state index in [1.165, 1.54) is 12.8 Å². The van der Waals surface area contributed by atoms with Gasteiger partial charge in [-0.1, -0.05) is 54.6 Å². The maximum Gasteiger partial charge on any atom is 0.252 e. The molecule has 3 aromatic carbocycles. The number of benzene rings is 3. The Balaban J connectivity index is 1.36. The molecule has 1 amide bonds. The number of rotatable bonds is 8. The second-order valence-electron chi connectivity index (χ2n) is 8.69. The monoisotopic (exact) mass is 467 g/mol. The highest BCUT2D eigenvalue weighted by atomic mass is 16.5. The van der Waals surface area contributed by atoms with Gasteiger partial charge in [0.25, 0.3) is 5.91 Å². The van der Waals surface area contributed by atoms with Gasteiger partial charge in [0, 0.05) is 17.7 Å². The first kappa shape index (κ1) is 22.9. The number of methoxy groups -OCH3 is 1. The normalized spacial score (nSPS) is 14.5. The van der Waals surface area contributed by atoms with Crippen LogP contribution in [0.5, 0.6) is 5.75 Å². The van der Waals surface area contributed by atoms with Crippen molar-refractivity contribution < 1.29 is 13.9 Å². The Kier molecular flexibility index (Phi) is 6.91. The molecule has 1 atom stereocenters. The van der Waals surface area contributed by atoms with Gasteiger partial charge in [-0.3, -0.25) is 9.69 Å². The molecule has 4 aromatic rings. The summed E-state index contributed by atoms with van der Waals surface area (Å²) in [5.41, 5.74) is 3.30. The molecule has 1 fully saturated rings. The molecular weight excluding hydrogens is 438 g/mol. The number of aromatic nitrogens is 1. The summed E-state index contributed by atoms with van der Waals surface area (Å²) in [5.74, 6) is 1.77. The van der Waals surface area contributed by atoms with Crippen molar-refractivity contribution >= 4 is 5.91 Å². The fraction of sp³-hybridized carbons (Fsp3) is 0.241. The van der Waals surface area contributed by atoms with Crippen molar-refractivity contribution in [3.63, 3.8) is 0 Å². The largest absolute Gasteiger partial charge is 0.497 e. The van der Waals surface area contributed by atoms with Crippen LogP contribution in [-0.2, 0) is 0 Å². The van der Waals surface area contributed by atoms with Crippen molar-refractivity contribution in [1.82, 2.24) is 15.2 Å². The van der Waals surface area contributed by atoms with E-state index in [4.69, 9.17) is 9.15 Å². The van der Waals surface area contributed by atoms with Crippen molar-refractivity contribution in [3.05, 3.63) is 96.2 Å². The van der Waals surface area contributed by atoms with Crippen LogP contribution < -0.4 is 10.1 Å². The summed E-state index contributed by atoms with van der Waals surface area (Å²) >= 11 is 0. The van der Waals surface area contributed by atoms with Gasteiger partial charge >= 0.3 is 0 Å². The third-order valence-electron chi connectivity index (χ3n) is 6.48. The highest BCUT2D eigenvalue weighted by Gasteiger charge is 2.25. The van der Waals surface area contributed by atoms with Crippen LogP contribution in [0.2, 0.25) is 0 Å². The van der Waals surface area contributed by atoms with Crippen LogP contribution in [0.3, 0.4) is 0 Å². The highest BCUT2D eigenvalue weighted by molar-refractivity contribution is 6.00. The lowest BCUT2D eigenvalue weighted by Crippen LogP contribution is -2.37. The molecule has 35 heavy (non-hydrogen) atoms. The molecule has 5 rings (SSSR count). The number of nitrogens with zero attached hydrogens (tertiary/aromatic N) is 2. The van der Waals surface area contributed by atoms with E-state index >= 15 is 0 Å². The van der Waals surface area contributed by atoms with Crippen molar-refractivity contribution in [1.29, 1.82) is 0 Å². The van der Waals surface area contributed by atoms with Crippen molar-refractivity contribution in [3.8, 4) is 28.5 Å². The van der Waals surface area contributed by atoms with Crippen LogP contribution in [0.15, 0.2) is 89.5 Å². The third kappa shape index (κ3) is 5.12. The van der Waals surface area contributed by atoms with Gasteiger partial charge in [-0.05, 0) is 55.8 Å². The molecule has 2 heterocycles. The Morgan fingerprint density at radius 1 is 1.03 bits per heavy atom. The SMILES string of the molecule is COc1cccc(C(CNC(=O)c2ccccc2-c2ncc(-c3ccccc3)o2)N2CCCC2)c1. The zero-order valence-electron chi connectivity index (χ0n) is 19.8. The number of oxazole rings is 1. The minimum Gasteiger partial charge on any atom is -0.497 e. The molecule has 0 aliphatic carbocycles. The molecule has 6 nitrogen and oxygen atoms in total. The number of nitrogens with one attached hydrogen (secondary N) is 1.